The Kier molecular flexibility index (Phi) is 11.3. The highest BCUT2D eigenvalue weighted by atomic mass is 32.2. The van der Waals surface area contributed by atoms with Crippen LogP contribution < -0.4 is 10.1 Å². The molecule has 2 N–H and O–H groups in total. The predicted octanol–water partition coefficient (Wildman–Crippen LogP) is 4.57. The topological polar surface area (TPSA) is 94.1 Å². The molecule has 0 saturated carbocycles. The molecule has 0 unspecified atom stereocenters. The first-order valence-corrected chi connectivity index (χ1v) is 12.0. The monoisotopic (exact) mass is 479 g/mol. The number of aliphatic hydroxyl groups excluding tert-OH is 1. The van der Waals surface area contributed by atoms with Crippen molar-refractivity contribution in [3.8, 4) is 5.75 Å². The van der Waals surface area contributed by atoms with E-state index in [9.17, 15) is 9.59 Å². The van der Waals surface area contributed by atoms with Crippen molar-refractivity contribution in [3.63, 3.8) is 0 Å². The lowest BCUT2D eigenvalue weighted by Gasteiger charge is -2.25. The van der Waals surface area contributed by atoms with Crippen LogP contribution in [0.4, 0.5) is 10.5 Å². The van der Waals surface area contributed by atoms with E-state index < -0.39 is 18.2 Å². The lowest BCUT2D eigenvalue weighted by Crippen LogP contribution is -2.23. The van der Waals surface area contributed by atoms with Crippen molar-refractivity contribution >= 4 is 42.1 Å². The van der Waals surface area contributed by atoms with E-state index in [1.807, 2.05) is 49.6 Å². The van der Waals surface area contributed by atoms with Crippen LogP contribution in [0, 0.1) is 5.92 Å². The summed E-state index contributed by atoms with van der Waals surface area (Å²) in [5.74, 6) is 0.100. The van der Waals surface area contributed by atoms with Crippen LogP contribution in [0.5, 0.6) is 5.75 Å². The van der Waals surface area contributed by atoms with Crippen LogP contribution >= 0.6 is 24.4 Å². The molecule has 1 amide bonds. The van der Waals surface area contributed by atoms with Crippen LogP contribution in [0.25, 0.3) is 0 Å². The lowest BCUT2D eigenvalue weighted by molar-refractivity contribution is -0.141. The highest BCUT2D eigenvalue weighted by Crippen LogP contribution is 2.30. The first-order chi connectivity index (χ1) is 15.5. The average Bonchev–Trinajstić information content (AvgIpc) is 2.81. The van der Waals surface area contributed by atoms with E-state index in [1.54, 1.807) is 23.9 Å². The van der Waals surface area contributed by atoms with Gasteiger partial charge in [-0.05, 0) is 54.6 Å². The van der Waals surface area contributed by atoms with Gasteiger partial charge in [-0.25, -0.2) is 4.79 Å². The molecule has 0 aliphatic rings. The number of thioether (sulfide) groups is 1. The van der Waals surface area contributed by atoms with E-state index in [-0.39, 0.29) is 31.5 Å². The number of carbonyl (C=O) groups excluding carboxylic acids is 2. The Bertz CT molecular complexity index is 845. The fraction of sp³-hybridized carbons (Fsp3) is 0.391. The van der Waals surface area contributed by atoms with Gasteiger partial charge >= 0.3 is 12.1 Å². The zero-order valence-corrected chi connectivity index (χ0v) is 19.9. The molecular weight excluding hydrogens is 450 g/mol. The zero-order valence-electron chi connectivity index (χ0n) is 18.2. The van der Waals surface area contributed by atoms with Gasteiger partial charge in [-0.1, -0.05) is 19.1 Å². The predicted molar refractivity (Wildman–Crippen MR) is 129 cm³/mol. The number of thiol groups is 1. The highest BCUT2D eigenvalue weighted by Gasteiger charge is 2.24. The van der Waals surface area contributed by atoms with E-state index in [0.717, 1.165) is 10.5 Å². The van der Waals surface area contributed by atoms with Gasteiger partial charge in [0.2, 0.25) is 0 Å². The summed E-state index contributed by atoms with van der Waals surface area (Å²) in [5, 5.41) is 11.7. The Balaban J connectivity index is 2.09. The Labute approximate surface area is 198 Å². The third-order valence-corrected chi connectivity index (χ3v) is 5.62. The molecule has 0 aliphatic heterocycles. The Morgan fingerprint density at radius 3 is 2.38 bits per heavy atom. The minimum Gasteiger partial charge on any atom is -0.491 e. The normalized spacial score (nSPS) is 12.5. The second kappa shape index (κ2) is 13.9. The Morgan fingerprint density at radius 1 is 1.09 bits per heavy atom. The summed E-state index contributed by atoms with van der Waals surface area (Å²) in [7, 11) is 0. The van der Waals surface area contributed by atoms with Crippen molar-refractivity contribution in [3.05, 3.63) is 54.1 Å². The van der Waals surface area contributed by atoms with Crippen LogP contribution in [0.3, 0.4) is 0 Å². The molecular formula is C23H29NO6S2. The summed E-state index contributed by atoms with van der Waals surface area (Å²) in [6.07, 6.45) is 1.34. The number of anilines is 1. The Morgan fingerprint density at radius 2 is 1.78 bits per heavy atom. The Hall–Kier alpha value is -2.36. The standard InChI is InChI=1S/C23H29NO6S2/c1-16(11-13-29-21(26)15-31)22(17-3-7-19(8-4-17)28-14-12-25)30-23(27)24-18-5-9-20(32-2)10-6-18/h3-10,16,22,25,31H,11-15H2,1-2H3,(H,24,27)/t16-,22-/m1/s1. The molecule has 9 heteroatoms. The van der Waals surface area contributed by atoms with Crippen LogP contribution in [0.1, 0.15) is 25.0 Å². The number of carbonyl (C=O) groups is 2. The molecule has 0 spiro atoms. The van der Waals surface area contributed by atoms with Crippen molar-refractivity contribution in [1.29, 1.82) is 0 Å². The van der Waals surface area contributed by atoms with Crippen molar-refractivity contribution in [2.45, 2.75) is 24.3 Å². The minimum absolute atomic E-state index is 0.0152. The number of rotatable bonds is 12. The largest absolute Gasteiger partial charge is 0.491 e. The minimum atomic E-state index is -0.577. The number of hydrogen-bond acceptors (Lipinski definition) is 8. The number of benzene rings is 2. The molecule has 7 nitrogen and oxygen atoms in total. The molecule has 0 saturated heterocycles. The first-order valence-electron chi connectivity index (χ1n) is 10.2. The molecule has 2 rings (SSSR count). The molecule has 2 aromatic rings. The van der Waals surface area contributed by atoms with Crippen LogP contribution in [0.2, 0.25) is 0 Å². The maximum absolute atomic E-state index is 12.6. The number of aliphatic hydroxyl groups is 1. The number of esters is 1. The summed E-state index contributed by atoms with van der Waals surface area (Å²) in [5.41, 5.74) is 1.41. The molecule has 32 heavy (non-hydrogen) atoms. The molecule has 0 aliphatic carbocycles. The van der Waals surface area contributed by atoms with E-state index in [2.05, 4.69) is 17.9 Å². The second-order valence-corrected chi connectivity index (χ2v) is 8.16. The third-order valence-electron chi connectivity index (χ3n) is 4.62. The van der Waals surface area contributed by atoms with Gasteiger partial charge in [-0.3, -0.25) is 10.1 Å². The molecule has 174 valence electrons. The third kappa shape index (κ3) is 8.64. The highest BCUT2D eigenvalue weighted by molar-refractivity contribution is 7.98. The van der Waals surface area contributed by atoms with Gasteiger partial charge < -0.3 is 19.3 Å². The van der Waals surface area contributed by atoms with Crippen molar-refractivity contribution in [1.82, 2.24) is 0 Å². The van der Waals surface area contributed by atoms with Gasteiger partial charge in [-0.2, -0.15) is 12.6 Å². The van der Waals surface area contributed by atoms with Gasteiger partial charge in [-0.15, -0.1) is 11.8 Å². The lowest BCUT2D eigenvalue weighted by atomic mass is 9.94. The molecule has 0 bridgehead atoms. The van der Waals surface area contributed by atoms with Gasteiger partial charge in [0.1, 0.15) is 18.5 Å². The molecule has 0 aromatic heterocycles. The second-order valence-electron chi connectivity index (χ2n) is 6.97. The maximum Gasteiger partial charge on any atom is 0.412 e. The number of ether oxygens (including phenoxy) is 3. The van der Waals surface area contributed by atoms with Crippen LogP contribution in [0.15, 0.2) is 53.4 Å². The zero-order chi connectivity index (χ0) is 23.3. The fourth-order valence-corrected chi connectivity index (χ4v) is 3.42. The quantitative estimate of drug-likeness (QED) is 0.233. The molecule has 2 aromatic carbocycles. The van der Waals surface area contributed by atoms with E-state index in [4.69, 9.17) is 19.3 Å². The van der Waals surface area contributed by atoms with Gasteiger partial charge in [0.05, 0.1) is 19.0 Å². The smallest absolute Gasteiger partial charge is 0.412 e. The molecule has 2 atom stereocenters. The molecule has 0 fully saturated rings. The number of nitrogens with one attached hydrogen (secondary N) is 1. The van der Waals surface area contributed by atoms with Crippen molar-refractivity contribution in [2.24, 2.45) is 5.92 Å². The van der Waals surface area contributed by atoms with Crippen molar-refractivity contribution < 1.29 is 28.9 Å². The van der Waals surface area contributed by atoms with Gasteiger partial charge in [0.25, 0.3) is 0 Å². The first kappa shape index (κ1) is 25.9. The summed E-state index contributed by atoms with van der Waals surface area (Å²) in [4.78, 5) is 25.1. The fourth-order valence-electron chi connectivity index (χ4n) is 2.92. The van der Waals surface area contributed by atoms with Crippen LogP contribution in [-0.2, 0) is 14.3 Å². The molecule has 0 radical (unpaired) electrons. The van der Waals surface area contributed by atoms with Gasteiger partial charge in [0, 0.05) is 16.5 Å². The summed E-state index contributed by atoms with van der Waals surface area (Å²) in [6, 6.07) is 14.6. The van der Waals surface area contributed by atoms with Gasteiger partial charge in [0.15, 0.2) is 0 Å². The van der Waals surface area contributed by atoms with Crippen LogP contribution in [-0.4, -0.2) is 49.0 Å². The van der Waals surface area contributed by atoms with E-state index in [1.165, 1.54) is 0 Å². The number of amides is 1. The van der Waals surface area contributed by atoms with E-state index in [0.29, 0.717) is 17.9 Å². The number of hydrogen-bond donors (Lipinski definition) is 3. The van der Waals surface area contributed by atoms with E-state index >= 15 is 0 Å². The SMILES string of the molecule is CSc1ccc(NC(=O)O[C@@H](c2ccc(OCCO)cc2)[C@H](C)CCOC(=O)CS)cc1. The summed E-state index contributed by atoms with van der Waals surface area (Å²) >= 11 is 5.51. The molecule has 0 heterocycles. The average molecular weight is 480 g/mol. The maximum atomic E-state index is 12.6. The summed E-state index contributed by atoms with van der Waals surface area (Å²) in [6.45, 7) is 2.25. The van der Waals surface area contributed by atoms with Crippen molar-refractivity contribution in [2.75, 3.05) is 37.1 Å². The summed E-state index contributed by atoms with van der Waals surface area (Å²) < 4.78 is 16.3.